The molecule has 1 heterocycles. The van der Waals surface area contributed by atoms with E-state index in [4.69, 9.17) is 16.3 Å². The average Bonchev–Trinajstić information content (AvgIpc) is 2.28. The quantitative estimate of drug-likeness (QED) is 0.744. The predicted octanol–water partition coefficient (Wildman–Crippen LogP) is 2.19. The van der Waals surface area contributed by atoms with Crippen molar-refractivity contribution in [1.82, 2.24) is 9.97 Å². The summed E-state index contributed by atoms with van der Waals surface area (Å²) in [5, 5.41) is 0.152. The summed E-state index contributed by atoms with van der Waals surface area (Å²) in [5.41, 5.74) is 1.95. The molecule has 1 aromatic rings. The van der Waals surface area contributed by atoms with Crippen LogP contribution in [-0.2, 0) is 17.6 Å². The highest BCUT2D eigenvalue weighted by Gasteiger charge is 2.20. The summed E-state index contributed by atoms with van der Waals surface area (Å²) in [6.45, 7) is 2.06. The summed E-state index contributed by atoms with van der Waals surface area (Å²) in [6.07, 6.45) is 3.96. The smallest absolute Gasteiger partial charge is 0.360 e. The third-order valence-electron chi connectivity index (χ3n) is 2.55. The van der Waals surface area contributed by atoms with E-state index in [9.17, 15) is 4.79 Å². The Morgan fingerprint density at radius 3 is 2.56 bits per heavy atom. The van der Waals surface area contributed by atoms with Crippen LogP contribution in [0.4, 0.5) is 0 Å². The van der Waals surface area contributed by atoms with Crippen LogP contribution in [0, 0.1) is 0 Å². The van der Waals surface area contributed by atoms with Crippen molar-refractivity contribution in [3.8, 4) is 0 Å². The van der Waals surface area contributed by atoms with Crippen LogP contribution in [0.25, 0.3) is 0 Å². The molecule has 0 spiro atoms. The second-order valence-electron chi connectivity index (χ2n) is 3.68. The number of nitrogens with zero attached hydrogens (tertiary/aromatic N) is 2. The Morgan fingerprint density at radius 2 is 1.94 bits per heavy atom. The molecule has 0 N–H and O–H groups in total. The molecule has 86 valence electrons. The van der Waals surface area contributed by atoms with Gasteiger partial charge in [0.2, 0.25) is 0 Å². The normalized spacial score (nSPS) is 14.4. The minimum Gasteiger partial charge on any atom is -0.461 e. The lowest BCUT2D eigenvalue weighted by Crippen LogP contribution is -2.15. The lowest BCUT2D eigenvalue weighted by atomic mass is 10.0. The van der Waals surface area contributed by atoms with Gasteiger partial charge in [-0.15, -0.1) is 0 Å². The maximum absolute atomic E-state index is 11.5. The summed E-state index contributed by atoms with van der Waals surface area (Å²) in [7, 11) is 0. The molecule has 0 saturated heterocycles. The summed E-state index contributed by atoms with van der Waals surface area (Å²) in [6, 6.07) is 0. The zero-order valence-electron chi connectivity index (χ0n) is 9.12. The molecule has 1 aliphatic rings. The summed E-state index contributed by atoms with van der Waals surface area (Å²) in [5.74, 6) is -0.492. The van der Waals surface area contributed by atoms with Crippen LogP contribution in [0.1, 0.15) is 41.6 Å². The summed E-state index contributed by atoms with van der Waals surface area (Å²) < 4.78 is 4.87. The van der Waals surface area contributed by atoms with E-state index in [-0.39, 0.29) is 10.8 Å². The van der Waals surface area contributed by atoms with Gasteiger partial charge in [0.25, 0.3) is 0 Å². The number of rotatable bonds is 2. The van der Waals surface area contributed by atoms with Gasteiger partial charge in [-0.1, -0.05) is 11.6 Å². The molecular formula is C11H13ClN2O2. The Morgan fingerprint density at radius 1 is 1.31 bits per heavy atom. The largest absolute Gasteiger partial charge is 0.461 e. The molecule has 16 heavy (non-hydrogen) atoms. The van der Waals surface area contributed by atoms with Crippen molar-refractivity contribution in [3.63, 3.8) is 0 Å². The number of hydrogen-bond donors (Lipinski definition) is 0. The molecule has 5 heteroatoms. The van der Waals surface area contributed by atoms with Crippen molar-refractivity contribution >= 4 is 17.6 Å². The first-order valence-electron chi connectivity index (χ1n) is 5.44. The molecule has 0 amide bonds. The van der Waals surface area contributed by atoms with Gasteiger partial charge in [0.05, 0.1) is 18.0 Å². The monoisotopic (exact) mass is 240 g/mol. The molecule has 0 aliphatic heterocycles. The van der Waals surface area contributed by atoms with Crippen LogP contribution < -0.4 is 0 Å². The van der Waals surface area contributed by atoms with Gasteiger partial charge in [0, 0.05) is 0 Å². The molecule has 2 rings (SSSR count). The Hall–Kier alpha value is -1.16. The lowest BCUT2D eigenvalue weighted by molar-refractivity contribution is 0.0518. The second kappa shape index (κ2) is 4.78. The molecule has 0 unspecified atom stereocenters. The predicted molar refractivity (Wildman–Crippen MR) is 59.6 cm³/mol. The maximum atomic E-state index is 11.5. The number of carbonyl (C=O) groups excluding carboxylic acids is 1. The lowest BCUT2D eigenvalue weighted by Gasteiger charge is -2.14. The molecule has 4 nitrogen and oxygen atoms in total. The highest BCUT2D eigenvalue weighted by molar-refractivity contribution is 6.32. The highest BCUT2D eigenvalue weighted by atomic mass is 35.5. The van der Waals surface area contributed by atoms with Gasteiger partial charge in [-0.2, -0.15) is 0 Å². The maximum Gasteiger partial charge on any atom is 0.360 e. The fraction of sp³-hybridized carbons (Fsp3) is 0.545. The summed E-state index contributed by atoms with van der Waals surface area (Å²) >= 11 is 5.92. The summed E-state index contributed by atoms with van der Waals surface area (Å²) in [4.78, 5) is 20.0. The molecule has 0 saturated carbocycles. The molecule has 0 aromatic carbocycles. The van der Waals surface area contributed by atoms with Gasteiger partial charge in [-0.25, -0.2) is 14.8 Å². The minimum absolute atomic E-state index is 0.143. The number of ether oxygens (including phenoxy) is 1. The third-order valence-corrected chi connectivity index (χ3v) is 2.82. The van der Waals surface area contributed by atoms with E-state index in [1.165, 1.54) is 0 Å². The van der Waals surface area contributed by atoms with Crippen LogP contribution in [0.15, 0.2) is 0 Å². The van der Waals surface area contributed by atoms with Gasteiger partial charge < -0.3 is 4.74 Å². The SMILES string of the molecule is CCOC(=O)c1nc2c(nc1Cl)CCCC2. The molecular weight excluding hydrogens is 228 g/mol. The van der Waals surface area contributed by atoms with Crippen LogP contribution in [-0.4, -0.2) is 22.5 Å². The van der Waals surface area contributed by atoms with Gasteiger partial charge >= 0.3 is 5.97 Å². The standard InChI is InChI=1S/C11H13ClN2O2/c1-2-16-11(15)9-10(12)14-8-6-4-3-5-7(8)13-9/h2-6H2,1H3. The number of fused-ring (bicyclic) bond motifs is 1. The van der Waals surface area contributed by atoms with E-state index >= 15 is 0 Å². The van der Waals surface area contributed by atoms with Gasteiger partial charge in [0.15, 0.2) is 10.8 Å². The van der Waals surface area contributed by atoms with Crippen molar-refractivity contribution in [1.29, 1.82) is 0 Å². The van der Waals surface area contributed by atoms with Crippen molar-refractivity contribution in [2.45, 2.75) is 32.6 Å². The van der Waals surface area contributed by atoms with Crippen molar-refractivity contribution in [3.05, 3.63) is 22.2 Å². The zero-order valence-corrected chi connectivity index (χ0v) is 9.88. The average molecular weight is 241 g/mol. The molecule has 0 atom stereocenters. The Kier molecular flexibility index (Phi) is 3.39. The van der Waals surface area contributed by atoms with Crippen LogP contribution in [0.3, 0.4) is 0 Å². The van der Waals surface area contributed by atoms with Crippen LogP contribution in [0.2, 0.25) is 5.15 Å². The van der Waals surface area contributed by atoms with E-state index in [1.54, 1.807) is 6.92 Å². The second-order valence-corrected chi connectivity index (χ2v) is 4.04. The number of hydrogen-bond acceptors (Lipinski definition) is 4. The number of aryl methyl sites for hydroxylation is 2. The Bertz CT molecular complexity index is 421. The molecule has 0 radical (unpaired) electrons. The van der Waals surface area contributed by atoms with E-state index < -0.39 is 5.97 Å². The molecule has 1 aromatic heterocycles. The first-order valence-corrected chi connectivity index (χ1v) is 5.82. The zero-order chi connectivity index (χ0) is 11.5. The molecule has 0 fully saturated rings. The first-order chi connectivity index (χ1) is 7.72. The van der Waals surface area contributed by atoms with E-state index in [0.29, 0.717) is 6.61 Å². The number of aromatic nitrogens is 2. The highest BCUT2D eigenvalue weighted by Crippen LogP contribution is 2.22. The van der Waals surface area contributed by atoms with Crippen molar-refractivity contribution < 1.29 is 9.53 Å². The number of carbonyl (C=O) groups is 1. The Balaban J connectivity index is 2.35. The van der Waals surface area contributed by atoms with E-state index in [0.717, 1.165) is 37.1 Å². The Labute approximate surface area is 99.0 Å². The number of esters is 1. The fourth-order valence-electron chi connectivity index (χ4n) is 1.80. The molecule has 1 aliphatic carbocycles. The van der Waals surface area contributed by atoms with Gasteiger partial charge in [0.1, 0.15) is 0 Å². The minimum atomic E-state index is -0.492. The molecule has 0 bridgehead atoms. The van der Waals surface area contributed by atoms with E-state index in [1.807, 2.05) is 0 Å². The fourth-order valence-corrected chi connectivity index (χ4v) is 2.02. The first kappa shape index (κ1) is 11.3. The number of halogens is 1. The third kappa shape index (κ3) is 2.16. The van der Waals surface area contributed by atoms with Crippen LogP contribution >= 0.6 is 11.6 Å². The van der Waals surface area contributed by atoms with Gasteiger partial charge in [-0.05, 0) is 32.6 Å². The van der Waals surface area contributed by atoms with Crippen LogP contribution in [0.5, 0.6) is 0 Å². The van der Waals surface area contributed by atoms with Gasteiger partial charge in [-0.3, -0.25) is 0 Å². The topological polar surface area (TPSA) is 52.1 Å². The van der Waals surface area contributed by atoms with Crippen molar-refractivity contribution in [2.24, 2.45) is 0 Å². The van der Waals surface area contributed by atoms with E-state index in [2.05, 4.69) is 9.97 Å². The van der Waals surface area contributed by atoms with Crippen molar-refractivity contribution in [2.75, 3.05) is 6.61 Å².